The molecule has 0 aromatic carbocycles. The molecule has 0 saturated heterocycles. The van der Waals surface area contributed by atoms with Crippen LogP contribution in [0.25, 0.3) is 5.69 Å². The number of hydrogen-bond donors (Lipinski definition) is 0. The summed E-state index contributed by atoms with van der Waals surface area (Å²) in [5, 5.41) is 8.31. The Hall–Kier alpha value is -2.62. The molecule has 7 nitrogen and oxygen atoms in total. The molecule has 2 aromatic rings. The van der Waals surface area contributed by atoms with Crippen LogP contribution in [-0.4, -0.2) is 45.7 Å². The third kappa shape index (κ3) is 8.20. The summed E-state index contributed by atoms with van der Waals surface area (Å²) in [6, 6.07) is 3.59. The first-order valence-corrected chi connectivity index (χ1v) is 10.3. The van der Waals surface area contributed by atoms with E-state index in [0.717, 1.165) is 5.69 Å². The average Bonchev–Trinajstić information content (AvgIpc) is 3.11. The van der Waals surface area contributed by atoms with Crippen molar-refractivity contribution in [2.75, 3.05) is 18.1 Å². The lowest BCUT2D eigenvalue weighted by molar-refractivity contribution is -0.136. The molecule has 2 heterocycles. The molecule has 0 bridgehead atoms. The quantitative estimate of drug-likeness (QED) is 0.264. The van der Waals surface area contributed by atoms with Crippen molar-refractivity contribution in [3.05, 3.63) is 35.9 Å². The minimum absolute atomic E-state index is 0.00446. The number of nitrogens with zero attached hydrogens (tertiary/aromatic N) is 5. The smallest absolute Gasteiger partial charge is 0.389 e. The van der Waals surface area contributed by atoms with Crippen molar-refractivity contribution in [2.24, 2.45) is 5.16 Å². The maximum absolute atomic E-state index is 12.7. The van der Waals surface area contributed by atoms with E-state index in [1.165, 1.54) is 4.90 Å². The van der Waals surface area contributed by atoms with Crippen LogP contribution in [0.2, 0.25) is 5.15 Å². The van der Waals surface area contributed by atoms with Crippen LogP contribution in [0.3, 0.4) is 0 Å². The van der Waals surface area contributed by atoms with E-state index in [0.29, 0.717) is 24.4 Å². The van der Waals surface area contributed by atoms with Crippen LogP contribution >= 0.6 is 11.6 Å². The van der Waals surface area contributed by atoms with Crippen molar-refractivity contribution in [2.45, 2.75) is 52.1 Å². The number of aromatic nitrogens is 3. The van der Waals surface area contributed by atoms with E-state index < -0.39 is 12.6 Å². The molecular weight excluding hydrogens is 435 g/mol. The number of anilines is 1. The van der Waals surface area contributed by atoms with Crippen LogP contribution in [0.5, 0.6) is 0 Å². The zero-order valence-corrected chi connectivity index (χ0v) is 18.2. The predicted octanol–water partition coefficient (Wildman–Crippen LogP) is 5.18. The standard InChI is InChI=1S/C20H25ClF3N5O2/c1-3-28(17-14-29(26-19(17)21)16-7-6-11-25-13-16)18(30)9-8-15(2)27-31-12-5-4-10-20(22,23)24/h6-7,11,13-14H,3-5,8-10,12H2,1-2H3/b27-15-. The summed E-state index contributed by atoms with van der Waals surface area (Å²) < 4.78 is 37.8. The number of carbonyl (C=O) groups excluding carboxylic acids is 1. The Bertz CT molecular complexity index is 871. The van der Waals surface area contributed by atoms with Gasteiger partial charge in [-0.25, -0.2) is 4.68 Å². The van der Waals surface area contributed by atoms with Crippen molar-refractivity contribution < 1.29 is 22.8 Å². The Morgan fingerprint density at radius 1 is 1.32 bits per heavy atom. The first-order valence-electron chi connectivity index (χ1n) is 9.89. The van der Waals surface area contributed by atoms with Gasteiger partial charge in [0.15, 0.2) is 5.15 Å². The summed E-state index contributed by atoms with van der Waals surface area (Å²) in [4.78, 5) is 23.3. The van der Waals surface area contributed by atoms with Gasteiger partial charge < -0.3 is 9.74 Å². The molecule has 0 radical (unpaired) electrons. The highest BCUT2D eigenvalue weighted by molar-refractivity contribution is 6.32. The summed E-state index contributed by atoms with van der Waals surface area (Å²) in [6.45, 7) is 4.04. The number of halogens is 4. The summed E-state index contributed by atoms with van der Waals surface area (Å²) >= 11 is 6.25. The van der Waals surface area contributed by atoms with Gasteiger partial charge >= 0.3 is 6.18 Å². The van der Waals surface area contributed by atoms with E-state index >= 15 is 0 Å². The van der Waals surface area contributed by atoms with Gasteiger partial charge in [-0.2, -0.15) is 18.3 Å². The summed E-state index contributed by atoms with van der Waals surface area (Å²) in [7, 11) is 0. The summed E-state index contributed by atoms with van der Waals surface area (Å²) in [5.41, 5.74) is 1.79. The highest BCUT2D eigenvalue weighted by atomic mass is 35.5. The third-order valence-electron chi connectivity index (χ3n) is 4.34. The molecule has 0 aliphatic heterocycles. The van der Waals surface area contributed by atoms with Crippen LogP contribution in [0.4, 0.5) is 18.9 Å². The molecule has 0 spiro atoms. The second kappa shape index (κ2) is 11.7. The van der Waals surface area contributed by atoms with Crippen LogP contribution in [-0.2, 0) is 9.63 Å². The fourth-order valence-corrected chi connectivity index (χ4v) is 2.98. The number of carbonyl (C=O) groups is 1. The second-order valence-electron chi connectivity index (χ2n) is 6.83. The first kappa shape index (κ1) is 24.6. The minimum atomic E-state index is -4.15. The van der Waals surface area contributed by atoms with Gasteiger partial charge in [-0.3, -0.25) is 9.78 Å². The number of rotatable bonds is 11. The highest BCUT2D eigenvalue weighted by Gasteiger charge is 2.25. The molecule has 11 heteroatoms. The lowest BCUT2D eigenvalue weighted by atomic mass is 10.2. The third-order valence-corrected chi connectivity index (χ3v) is 4.61. The van der Waals surface area contributed by atoms with Crippen LogP contribution < -0.4 is 4.90 Å². The Labute approximate surface area is 183 Å². The lowest BCUT2D eigenvalue weighted by Gasteiger charge is -2.19. The predicted molar refractivity (Wildman–Crippen MR) is 113 cm³/mol. The zero-order valence-electron chi connectivity index (χ0n) is 17.4. The van der Waals surface area contributed by atoms with Gasteiger partial charge in [-0.05, 0) is 45.2 Å². The van der Waals surface area contributed by atoms with Gasteiger partial charge in [0, 0.05) is 25.6 Å². The molecule has 0 aliphatic carbocycles. The van der Waals surface area contributed by atoms with Gasteiger partial charge in [0.25, 0.3) is 0 Å². The molecule has 31 heavy (non-hydrogen) atoms. The van der Waals surface area contributed by atoms with Gasteiger partial charge in [0.05, 0.1) is 23.8 Å². The molecule has 0 unspecified atom stereocenters. The lowest BCUT2D eigenvalue weighted by Crippen LogP contribution is -2.30. The number of amides is 1. The largest absolute Gasteiger partial charge is 0.396 e. The van der Waals surface area contributed by atoms with Crippen LogP contribution in [0.1, 0.15) is 46.0 Å². The fraction of sp³-hybridized carbons (Fsp3) is 0.500. The SMILES string of the molecule is CCN(C(=O)CC/C(C)=N\OCCCCC(F)(F)F)c1cn(-c2cccnc2)nc1Cl. The van der Waals surface area contributed by atoms with Gasteiger partial charge in [0.1, 0.15) is 12.3 Å². The first-order chi connectivity index (χ1) is 14.7. The van der Waals surface area contributed by atoms with Crippen molar-refractivity contribution in [3.8, 4) is 5.69 Å². The van der Waals surface area contributed by atoms with Crippen LogP contribution in [0.15, 0.2) is 35.9 Å². The van der Waals surface area contributed by atoms with E-state index in [9.17, 15) is 18.0 Å². The molecule has 1 amide bonds. The Kier molecular flexibility index (Phi) is 9.29. The molecule has 2 rings (SSSR count). The summed E-state index contributed by atoms with van der Waals surface area (Å²) in [5.74, 6) is -0.158. The molecule has 0 N–H and O–H groups in total. The molecule has 0 saturated carbocycles. The Morgan fingerprint density at radius 2 is 2.10 bits per heavy atom. The van der Waals surface area contributed by atoms with Gasteiger partial charge in [0.2, 0.25) is 5.91 Å². The number of alkyl halides is 3. The van der Waals surface area contributed by atoms with E-state index in [1.54, 1.807) is 36.3 Å². The fourth-order valence-electron chi connectivity index (χ4n) is 2.74. The zero-order chi connectivity index (χ0) is 22.9. The number of hydrogen-bond acceptors (Lipinski definition) is 5. The normalized spacial score (nSPS) is 12.1. The molecule has 0 fully saturated rings. The van der Waals surface area contributed by atoms with E-state index in [-0.39, 0.29) is 36.9 Å². The van der Waals surface area contributed by atoms with E-state index in [1.807, 2.05) is 13.0 Å². The Balaban J connectivity index is 1.86. The topological polar surface area (TPSA) is 72.6 Å². The van der Waals surface area contributed by atoms with Crippen molar-refractivity contribution in [1.29, 1.82) is 0 Å². The molecule has 0 aliphatic rings. The molecule has 0 atom stereocenters. The van der Waals surface area contributed by atoms with E-state index in [4.69, 9.17) is 16.4 Å². The monoisotopic (exact) mass is 459 g/mol. The molecule has 170 valence electrons. The van der Waals surface area contributed by atoms with Crippen molar-refractivity contribution in [3.63, 3.8) is 0 Å². The number of pyridine rings is 1. The second-order valence-corrected chi connectivity index (χ2v) is 7.19. The number of oxime groups is 1. The number of unbranched alkanes of at least 4 members (excludes halogenated alkanes) is 1. The van der Waals surface area contributed by atoms with Crippen LogP contribution in [0, 0.1) is 0 Å². The molecular formula is C20H25ClF3N5O2. The maximum Gasteiger partial charge on any atom is 0.389 e. The maximum atomic E-state index is 12.7. The summed E-state index contributed by atoms with van der Waals surface area (Å²) in [6.07, 6.45) is 0.755. The van der Waals surface area contributed by atoms with E-state index in [2.05, 4.69) is 15.2 Å². The Morgan fingerprint density at radius 3 is 2.74 bits per heavy atom. The van der Waals surface area contributed by atoms with Gasteiger partial charge in [-0.1, -0.05) is 16.8 Å². The van der Waals surface area contributed by atoms with Gasteiger partial charge in [-0.15, -0.1) is 0 Å². The average molecular weight is 460 g/mol. The highest BCUT2D eigenvalue weighted by Crippen LogP contribution is 2.26. The minimum Gasteiger partial charge on any atom is -0.396 e. The molecule has 2 aromatic heterocycles. The van der Waals surface area contributed by atoms with Crippen molar-refractivity contribution in [1.82, 2.24) is 14.8 Å². The van der Waals surface area contributed by atoms with Crippen molar-refractivity contribution >= 4 is 28.9 Å².